The molecule has 1 aromatic rings. The van der Waals surface area contributed by atoms with Crippen LogP contribution >= 0.6 is 0 Å². The minimum Gasteiger partial charge on any atom is -0.481 e. The number of aliphatic hydroxyl groups is 1. The molecule has 0 aliphatic rings. The Morgan fingerprint density at radius 3 is 2.17 bits per heavy atom. The van der Waals surface area contributed by atoms with Gasteiger partial charge >= 0.3 is 5.97 Å². The number of amides is 2. The second-order valence-electron chi connectivity index (χ2n) is 11.8. The zero-order chi connectivity index (χ0) is 35.6. The molecular weight excluding hydrogens is 616 g/mol. The second kappa shape index (κ2) is 25.3. The van der Waals surface area contributed by atoms with E-state index in [2.05, 4.69) is 29.6 Å². The number of carboxylic acid groups (broad SMARTS) is 1. The van der Waals surface area contributed by atoms with Crippen LogP contribution in [0.2, 0.25) is 0 Å². The van der Waals surface area contributed by atoms with Gasteiger partial charge in [0.2, 0.25) is 5.91 Å². The zero-order valence-electron chi connectivity index (χ0n) is 29.2. The van der Waals surface area contributed by atoms with Gasteiger partial charge in [0.25, 0.3) is 5.91 Å². The number of allylic oxidation sites excluding steroid dienone is 1. The topological polar surface area (TPSA) is 160 Å². The maximum atomic E-state index is 13.7. The van der Waals surface area contributed by atoms with Crippen molar-refractivity contribution < 1.29 is 43.7 Å². The van der Waals surface area contributed by atoms with Crippen molar-refractivity contribution in [3.63, 3.8) is 0 Å². The second-order valence-corrected chi connectivity index (χ2v) is 11.8. The minimum absolute atomic E-state index is 0.0529. The summed E-state index contributed by atoms with van der Waals surface area (Å²) in [6.45, 7) is 4.01. The van der Waals surface area contributed by atoms with Crippen molar-refractivity contribution in [2.45, 2.75) is 115 Å². The third-order valence-corrected chi connectivity index (χ3v) is 8.01. The average Bonchev–Trinajstić information content (AvgIpc) is 3.06. The van der Waals surface area contributed by atoms with Crippen molar-refractivity contribution in [3.05, 3.63) is 42.0 Å². The van der Waals surface area contributed by atoms with Crippen LogP contribution in [0, 0.1) is 17.8 Å². The molecule has 0 fully saturated rings. The number of carbonyl (C=O) groups is 4. The quantitative estimate of drug-likeness (QED) is 0.0432. The molecule has 3 atom stereocenters. The highest BCUT2D eigenvalue weighted by Gasteiger charge is 2.47. The van der Waals surface area contributed by atoms with Crippen molar-refractivity contribution in [2.24, 2.45) is 5.92 Å². The number of unbranched alkanes of at least 4 members (excludes halogenated alkanes) is 8. The van der Waals surface area contributed by atoms with Crippen LogP contribution in [0.25, 0.3) is 0 Å². The standard InChI is InChI=1S/C37H56N2O9/c1-5-7-9-12-15-18-30(40)19-16-13-10-11-14-17-20-32(37(45,36(43)44)25-27-46-3)34(41)38-33(35(42)39-47-4)28-29-21-23-31(24-22-29)48-26-8-6-2/h17,20-24,32-33,45H,5,7,9-16,18-19,25-28H2,1-4H3,(H,38,41)(H,39,42)(H,43,44)/b20-17+/t32-,33+,37+/m1/s1. The van der Waals surface area contributed by atoms with E-state index in [4.69, 9.17) is 14.3 Å². The van der Waals surface area contributed by atoms with Gasteiger partial charge in [-0.15, -0.1) is 5.92 Å². The van der Waals surface area contributed by atoms with Crippen LogP contribution in [0.5, 0.6) is 5.75 Å². The number of aliphatic carboxylic acids is 1. The Labute approximate surface area is 286 Å². The Kier molecular flexibility index (Phi) is 22.3. The number of nitrogens with one attached hydrogen (secondary N) is 2. The van der Waals surface area contributed by atoms with Gasteiger partial charge < -0.3 is 25.0 Å². The van der Waals surface area contributed by atoms with Gasteiger partial charge in [0.1, 0.15) is 24.2 Å². The van der Waals surface area contributed by atoms with Crippen LogP contribution in [0.3, 0.4) is 0 Å². The molecule has 0 aromatic heterocycles. The summed E-state index contributed by atoms with van der Waals surface area (Å²) < 4.78 is 10.6. The molecule has 0 bridgehead atoms. The SMILES string of the molecule is CC#CCOc1ccc(C[C@H](NC(=O)[C@@H](/C=C/CCCCCCC(=O)CCCCCCC)[C@@](O)(CCOC)C(=O)O)C(=O)NOC)cc1. The molecule has 4 N–H and O–H groups in total. The number of hydroxylamine groups is 1. The number of carbonyl (C=O) groups excluding carboxylic acids is 3. The summed E-state index contributed by atoms with van der Waals surface area (Å²) in [5.74, 6) is 1.85. The van der Waals surface area contributed by atoms with E-state index in [1.807, 2.05) is 0 Å². The zero-order valence-corrected chi connectivity index (χ0v) is 29.2. The summed E-state index contributed by atoms with van der Waals surface area (Å²) in [5, 5.41) is 23.9. The lowest BCUT2D eigenvalue weighted by molar-refractivity contribution is -0.168. The molecule has 11 nitrogen and oxygen atoms in total. The van der Waals surface area contributed by atoms with Crippen molar-refractivity contribution >= 4 is 23.6 Å². The fourth-order valence-electron chi connectivity index (χ4n) is 5.13. The average molecular weight is 673 g/mol. The predicted octanol–water partition coefficient (Wildman–Crippen LogP) is 5.09. The third kappa shape index (κ3) is 16.9. The maximum Gasteiger partial charge on any atom is 0.336 e. The first-order chi connectivity index (χ1) is 23.1. The van der Waals surface area contributed by atoms with Crippen molar-refractivity contribution in [1.82, 2.24) is 10.8 Å². The van der Waals surface area contributed by atoms with Crippen LogP contribution in [0.1, 0.15) is 103 Å². The molecule has 0 spiro atoms. The Morgan fingerprint density at radius 1 is 0.938 bits per heavy atom. The normalized spacial score (nSPS) is 13.5. The predicted molar refractivity (Wildman–Crippen MR) is 184 cm³/mol. The molecule has 0 saturated heterocycles. The molecule has 2 amide bonds. The largest absolute Gasteiger partial charge is 0.481 e. The Balaban J connectivity index is 2.91. The molecule has 1 rings (SSSR count). The molecule has 0 aliphatic heterocycles. The first-order valence-corrected chi connectivity index (χ1v) is 17.0. The number of methoxy groups -OCH3 is 1. The highest BCUT2D eigenvalue weighted by molar-refractivity contribution is 5.93. The molecule has 1 aromatic carbocycles. The number of Topliss-reactive ketones (excluding diaryl/α,β-unsaturated/α-hetero) is 1. The fraction of sp³-hybridized carbons (Fsp3) is 0.622. The van der Waals surface area contributed by atoms with Gasteiger partial charge in [0, 0.05) is 39.4 Å². The summed E-state index contributed by atoms with van der Waals surface area (Å²) in [7, 11) is 2.63. The van der Waals surface area contributed by atoms with E-state index in [0.29, 0.717) is 36.4 Å². The van der Waals surface area contributed by atoms with Gasteiger partial charge in [-0.25, -0.2) is 10.3 Å². The smallest absolute Gasteiger partial charge is 0.336 e. The lowest BCUT2D eigenvalue weighted by Gasteiger charge is -2.31. The van der Waals surface area contributed by atoms with Gasteiger partial charge in [-0.1, -0.05) is 75.7 Å². The first-order valence-electron chi connectivity index (χ1n) is 17.0. The molecule has 0 heterocycles. The van der Waals surface area contributed by atoms with Gasteiger partial charge in [-0.05, 0) is 50.3 Å². The van der Waals surface area contributed by atoms with E-state index in [-0.39, 0.29) is 26.1 Å². The van der Waals surface area contributed by atoms with E-state index in [1.54, 1.807) is 37.3 Å². The van der Waals surface area contributed by atoms with Crippen molar-refractivity contribution in [3.8, 4) is 17.6 Å². The van der Waals surface area contributed by atoms with Crippen LogP contribution in [0.15, 0.2) is 36.4 Å². The maximum absolute atomic E-state index is 13.7. The molecular formula is C37H56N2O9. The molecule has 0 saturated carbocycles. The summed E-state index contributed by atoms with van der Waals surface area (Å²) in [4.78, 5) is 55.8. The number of benzene rings is 1. The van der Waals surface area contributed by atoms with Crippen LogP contribution in [-0.4, -0.2) is 72.9 Å². The van der Waals surface area contributed by atoms with Gasteiger partial charge in [-0.2, -0.15) is 0 Å². The van der Waals surface area contributed by atoms with Gasteiger partial charge in [-0.3, -0.25) is 19.2 Å². The number of rotatable bonds is 27. The van der Waals surface area contributed by atoms with Crippen molar-refractivity contribution in [1.29, 1.82) is 0 Å². The highest BCUT2D eigenvalue weighted by Crippen LogP contribution is 2.26. The van der Waals surface area contributed by atoms with E-state index >= 15 is 0 Å². The highest BCUT2D eigenvalue weighted by atomic mass is 16.6. The molecule has 0 radical (unpaired) electrons. The van der Waals surface area contributed by atoms with Crippen molar-refractivity contribution in [2.75, 3.05) is 27.4 Å². The molecule has 11 heteroatoms. The summed E-state index contributed by atoms with van der Waals surface area (Å²) >= 11 is 0. The molecule has 0 aliphatic carbocycles. The summed E-state index contributed by atoms with van der Waals surface area (Å²) in [6, 6.07) is 5.76. The fourth-order valence-corrected chi connectivity index (χ4v) is 5.13. The lowest BCUT2D eigenvalue weighted by atomic mass is 9.83. The number of ketones is 1. The van der Waals surface area contributed by atoms with Gasteiger partial charge in [0.15, 0.2) is 5.60 Å². The first kappa shape index (κ1) is 42.3. The summed E-state index contributed by atoms with van der Waals surface area (Å²) in [6.07, 6.45) is 13.5. The van der Waals surface area contributed by atoms with Crippen LogP contribution < -0.4 is 15.5 Å². The Hall–Kier alpha value is -3.72. The van der Waals surface area contributed by atoms with E-state index in [0.717, 1.165) is 38.5 Å². The molecule has 268 valence electrons. The number of carboxylic acids is 1. The van der Waals surface area contributed by atoms with Crippen LogP contribution in [-0.2, 0) is 35.2 Å². The lowest BCUT2D eigenvalue weighted by Crippen LogP contribution is -2.56. The third-order valence-electron chi connectivity index (χ3n) is 8.01. The van der Waals surface area contributed by atoms with E-state index < -0.39 is 35.3 Å². The molecule has 48 heavy (non-hydrogen) atoms. The van der Waals surface area contributed by atoms with Crippen LogP contribution in [0.4, 0.5) is 0 Å². The summed E-state index contributed by atoms with van der Waals surface area (Å²) in [5.41, 5.74) is 0.420. The number of hydrogen-bond acceptors (Lipinski definition) is 8. The molecule has 0 unspecified atom stereocenters. The Bertz CT molecular complexity index is 1190. The Morgan fingerprint density at radius 2 is 1.58 bits per heavy atom. The number of hydrogen-bond donors (Lipinski definition) is 4. The van der Waals surface area contributed by atoms with E-state index in [9.17, 15) is 29.4 Å². The number of ether oxygens (including phenoxy) is 2. The van der Waals surface area contributed by atoms with Gasteiger partial charge in [0.05, 0.1) is 13.0 Å². The van der Waals surface area contributed by atoms with E-state index in [1.165, 1.54) is 39.6 Å². The minimum atomic E-state index is -2.49. The monoisotopic (exact) mass is 672 g/mol.